The van der Waals surface area contributed by atoms with Crippen LogP contribution in [0.25, 0.3) is 5.76 Å². The summed E-state index contributed by atoms with van der Waals surface area (Å²) in [5.74, 6) is -0.743. The molecule has 1 unspecified atom stereocenters. The summed E-state index contributed by atoms with van der Waals surface area (Å²) in [5, 5.41) is 21.3. The van der Waals surface area contributed by atoms with Crippen LogP contribution in [0.3, 0.4) is 0 Å². The molecule has 0 aliphatic carbocycles. The summed E-state index contributed by atoms with van der Waals surface area (Å²) in [6.45, 7) is 2.41. The molecule has 1 aliphatic heterocycles. The summed E-state index contributed by atoms with van der Waals surface area (Å²) in [6.07, 6.45) is 0. The third kappa shape index (κ3) is 6.77. The average molecular weight is 675 g/mol. The van der Waals surface area contributed by atoms with Gasteiger partial charge in [0.1, 0.15) is 18.1 Å². The van der Waals surface area contributed by atoms with Crippen molar-refractivity contribution >= 4 is 68.9 Å². The maximum absolute atomic E-state index is 13.5. The fraction of sp³-hybridized carbons (Fsp3) is 0.118. The molecule has 1 aliphatic rings. The van der Waals surface area contributed by atoms with Crippen molar-refractivity contribution < 1.29 is 19.4 Å². The smallest absolute Gasteiger partial charge is 0.301 e. The first-order chi connectivity index (χ1) is 21.8. The van der Waals surface area contributed by atoms with Crippen LogP contribution in [0.4, 0.5) is 5.13 Å². The molecular weight excluding hydrogens is 649 g/mol. The van der Waals surface area contributed by atoms with Crippen molar-refractivity contribution in [2.75, 3.05) is 4.90 Å². The van der Waals surface area contributed by atoms with Gasteiger partial charge in [-0.05, 0) is 77.7 Å². The summed E-state index contributed by atoms with van der Waals surface area (Å²) in [7, 11) is 0. The van der Waals surface area contributed by atoms with Crippen LogP contribution in [-0.2, 0) is 21.9 Å². The first-order valence-corrected chi connectivity index (χ1v) is 16.4. The lowest BCUT2D eigenvalue weighted by molar-refractivity contribution is -0.132. The first-order valence-electron chi connectivity index (χ1n) is 13.8. The summed E-state index contributed by atoms with van der Waals surface area (Å²) in [5.41, 5.74) is 4.08. The highest BCUT2D eigenvalue weighted by molar-refractivity contribution is 8.00. The van der Waals surface area contributed by atoms with Gasteiger partial charge in [-0.15, -0.1) is 10.2 Å². The molecule has 0 bridgehead atoms. The van der Waals surface area contributed by atoms with Crippen molar-refractivity contribution in [3.05, 3.63) is 140 Å². The average Bonchev–Trinajstić information content (AvgIpc) is 3.62. The number of carbonyl (C=O) groups is 2. The SMILES string of the molecule is Cc1ccccc1COc1ccc(C(O)=C2C(=O)C(=O)N(c3nnc(SCc4ccc(Cl)cc4)s3)C2c2cccc(Cl)c2)cc1. The van der Waals surface area contributed by atoms with Gasteiger partial charge >= 0.3 is 5.91 Å². The molecule has 1 atom stereocenters. The Bertz CT molecular complexity index is 1910. The van der Waals surface area contributed by atoms with E-state index < -0.39 is 17.7 Å². The number of Topliss-reactive ketones (excluding diaryl/α,β-unsaturated/α-hetero) is 1. The highest BCUT2D eigenvalue weighted by Gasteiger charge is 2.48. The molecule has 11 heteroatoms. The second-order valence-corrected chi connectivity index (χ2v) is 13.3. The highest BCUT2D eigenvalue weighted by Crippen LogP contribution is 2.44. The number of aromatic nitrogens is 2. The Balaban J connectivity index is 1.30. The minimum absolute atomic E-state index is 0.0681. The minimum atomic E-state index is -0.970. The van der Waals surface area contributed by atoms with E-state index >= 15 is 0 Å². The molecule has 0 radical (unpaired) electrons. The molecule has 0 saturated carbocycles. The largest absolute Gasteiger partial charge is 0.507 e. The number of aryl methyl sites for hydroxylation is 1. The second-order valence-electron chi connectivity index (χ2n) is 10.2. The Morgan fingerprint density at radius 1 is 0.933 bits per heavy atom. The number of anilines is 1. The number of hydrogen-bond donors (Lipinski definition) is 1. The monoisotopic (exact) mass is 673 g/mol. The lowest BCUT2D eigenvalue weighted by Gasteiger charge is -2.22. The van der Waals surface area contributed by atoms with E-state index in [0.29, 0.717) is 43.6 Å². The van der Waals surface area contributed by atoms with E-state index in [1.54, 1.807) is 48.5 Å². The van der Waals surface area contributed by atoms with E-state index in [1.165, 1.54) is 28.0 Å². The fourth-order valence-corrected chi connectivity index (χ4v) is 7.05. The fourth-order valence-electron chi connectivity index (χ4n) is 4.90. The van der Waals surface area contributed by atoms with Gasteiger partial charge in [0.05, 0.1) is 11.6 Å². The van der Waals surface area contributed by atoms with Crippen LogP contribution in [0.5, 0.6) is 5.75 Å². The van der Waals surface area contributed by atoms with Gasteiger partial charge in [0, 0.05) is 21.4 Å². The molecule has 0 spiro atoms. The Morgan fingerprint density at radius 2 is 1.69 bits per heavy atom. The molecular formula is C34H25Cl2N3O4S2. The van der Waals surface area contributed by atoms with Gasteiger partial charge in [0.2, 0.25) is 5.13 Å². The maximum Gasteiger partial charge on any atom is 0.301 e. The normalized spacial score (nSPS) is 15.9. The predicted molar refractivity (Wildman–Crippen MR) is 179 cm³/mol. The molecule has 5 aromatic rings. The van der Waals surface area contributed by atoms with Crippen LogP contribution >= 0.6 is 46.3 Å². The molecule has 1 fully saturated rings. The Labute approximate surface area is 278 Å². The van der Waals surface area contributed by atoms with E-state index in [-0.39, 0.29) is 16.5 Å². The van der Waals surface area contributed by atoms with Crippen LogP contribution in [0, 0.1) is 6.92 Å². The summed E-state index contributed by atoms with van der Waals surface area (Å²) in [4.78, 5) is 28.4. The molecule has 1 amide bonds. The minimum Gasteiger partial charge on any atom is -0.507 e. The molecule has 7 nitrogen and oxygen atoms in total. The van der Waals surface area contributed by atoms with Crippen molar-refractivity contribution in [2.45, 2.75) is 29.7 Å². The van der Waals surface area contributed by atoms with Gasteiger partial charge in [-0.1, -0.05) is 94.8 Å². The maximum atomic E-state index is 13.5. The third-order valence-corrected chi connectivity index (χ3v) is 9.88. The zero-order valence-corrected chi connectivity index (χ0v) is 27.0. The van der Waals surface area contributed by atoms with Crippen molar-refractivity contribution in [1.29, 1.82) is 0 Å². The van der Waals surface area contributed by atoms with Crippen molar-refractivity contribution in [1.82, 2.24) is 10.2 Å². The Hall–Kier alpha value is -4.15. The van der Waals surface area contributed by atoms with Gasteiger partial charge in [-0.25, -0.2) is 0 Å². The quantitative estimate of drug-likeness (QED) is 0.0550. The van der Waals surface area contributed by atoms with E-state index in [4.69, 9.17) is 27.9 Å². The number of amides is 1. The van der Waals surface area contributed by atoms with E-state index in [1.807, 2.05) is 55.5 Å². The van der Waals surface area contributed by atoms with Crippen LogP contribution < -0.4 is 9.64 Å². The molecule has 1 saturated heterocycles. The number of aliphatic hydroxyl groups is 1. The summed E-state index contributed by atoms with van der Waals surface area (Å²) >= 11 is 15.0. The molecule has 45 heavy (non-hydrogen) atoms. The number of hydrogen-bond acceptors (Lipinski definition) is 8. The number of nitrogens with zero attached hydrogens (tertiary/aromatic N) is 3. The number of ketones is 1. The highest BCUT2D eigenvalue weighted by atomic mass is 35.5. The molecule has 4 aromatic carbocycles. The molecule has 1 aromatic heterocycles. The lowest BCUT2D eigenvalue weighted by Crippen LogP contribution is -2.29. The standard InChI is InChI=1S/C34H25Cl2N3O4S2/c1-20-5-2-3-6-24(20)18-43-27-15-11-22(12-16-27)30(40)28-29(23-7-4-8-26(36)17-23)39(32(42)31(28)41)33-37-38-34(45-33)44-19-21-9-13-25(35)14-10-21/h2-17,29,40H,18-19H2,1H3. The molecule has 2 heterocycles. The number of rotatable bonds is 9. The van der Waals surface area contributed by atoms with Crippen LogP contribution in [-0.4, -0.2) is 27.0 Å². The van der Waals surface area contributed by atoms with Gasteiger partial charge < -0.3 is 9.84 Å². The van der Waals surface area contributed by atoms with Crippen LogP contribution in [0.1, 0.15) is 33.9 Å². The number of halogens is 2. The zero-order valence-electron chi connectivity index (χ0n) is 23.8. The van der Waals surface area contributed by atoms with E-state index in [9.17, 15) is 14.7 Å². The number of thioether (sulfide) groups is 1. The number of benzene rings is 4. The number of ether oxygens (including phenoxy) is 1. The van der Waals surface area contributed by atoms with Crippen molar-refractivity contribution in [3.63, 3.8) is 0 Å². The second kappa shape index (κ2) is 13.5. The van der Waals surface area contributed by atoms with Gasteiger partial charge in [-0.3, -0.25) is 14.5 Å². The molecule has 1 N–H and O–H groups in total. The van der Waals surface area contributed by atoms with E-state index in [2.05, 4.69) is 10.2 Å². The Kier molecular flexibility index (Phi) is 9.23. The van der Waals surface area contributed by atoms with Crippen LogP contribution in [0.15, 0.2) is 107 Å². The first kappa shape index (κ1) is 30.9. The van der Waals surface area contributed by atoms with Crippen molar-refractivity contribution in [2.24, 2.45) is 0 Å². The summed E-state index contributed by atoms with van der Waals surface area (Å²) in [6, 6.07) is 28.1. The van der Waals surface area contributed by atoms with Gasteiger partial charge in [0.25, 0.3) is 5.78 Å². The Morgan fingerprint density at radius 3 is 2.42 bits per heavy atom. The molecule has 226 valence electrons. The number of aliphatic hydroxyl groups excluding tert-OH is 1. The summed E-state index contributed by atoms with van der Waals surface area (Å²) < 4.78 is 6.56. The third-order valence-electron chi connectivity index (χ3n) is 7.27. The number of carbonyl (C=O) groups excluding carboxylic acids is 2. The van der Waals surface area contributed by atoms with Crippen LogP contribution in [0.2, 0.25) is 10.0 Å². The van der Waals surface area contributed by atoms with Gasteiger partial charge in [0.15, 0.2) is 4.34 Å². The predicted octanol–water partition coefficient (Wildman–Crippen LogP) is 8.65. The lowest BCUT2D eigenvalue weighted by atomic mass is 9.95. The zero-order chi connectivity index (χ0) is 31.5. The molecule has 6 rings (SSSR count). The van der Waals surface area contributed by atoms with Gasteiger partial charge in [-0.2, -0.15) is 0 Å². The van der Waals surface area contributed by atoms with E-state index in [0.717, 1.165) is 16.7 Å². The van der Waals surface area contributed by atoms with Crippen molar-refractivity contribution in [3.8, 4) is 5.75 Å². The topological polar surface area (TPSA) is 92.6 Å².